The van der Waals surface area contributed by atoms with Crippen LogP contribution in [-0.2, 0) is 0 Å². The lowest BCUT2D eigenvalue weighted by molar-refractivity contribution is 0.446. The van der Waals surface area contributed by atoms with E-state index < -0.39 is 17.2 Å². The van der Waals surface area contributed by atoms with Gasteiger partial charge in [0.15, 0.2) is 16.7 Å². The molecule has 2 aromatic rings. The summed E-state index contributed by atoms with van der Waals surface area (Å²) in [5.41, 5.74) is -0.584. The highest BCUT2D eigenvalue weighted by molar-refractivity contribution is 6.31. The van der Waals surface area contributed by atoms with Gasteiger partial charge in [-0.15, -0.1) is 0 Å². The first-order valence-corrected chi connectivity index (χ1v) is 4.82. The highest BCUT2D eigenvalue weighted by Crippen LogP contribution is 2.24. The van der Waals surface area contributed by atoms with Crippen LogP contribution in [0.3, 0.4) is 0 Å². The molecule has 1 aromatic carbocycles. The van der Waals surface area contributed by atoms with E-state index in [2.05, 4.69) is 9.97 Å². The number of benzene rings is 1. The molecule has 1 heterocycles. The fourth-order valence-corrected chi connectivity index (χ4v) is 1.23. The van der Waals surface area contributed by atoms with Crippen LogP contribution in [0.5, 0.6) is 11.6 Å². The van der Waals surface area contributed by atoms with Gasteiger partial charge in [-0.2, -0.15) is 0 Å². The molecule has 17 heavy (non-hydrogen) atoms. The largest absolute Gasteiger partial charge is 0.437 e. The molecule has 0 bridgehead atoms. The van der Waals surface area contributed by atoms with E-state index >= 15 is 0 Å². The minimum Gasteiger partial charge on any atom is -0.437 e. The molecule has 4 nitrogen and oxygen atoms in total. The Balaban J connectivity index is 2.35. The fourth-order valence-electron chi connectivity index (χ4n) is 1.09. The first-order valence-electron chi connectivity index (χ1n) is 4.44. The number of nitrogens with one attached hydrogen (secondary N) is 1. The monoisotopic (exact) mass is 258 g/mol. The van der Waals surface area contributed by atoms with Crippen molar-refractivity contribution in [3.05, 3.63) is 51.5 Å². The van der Waals surface area contributed by atoms with Gasteiger partial charge in [0.1, 0.15) is 5.75 Å². The van der Waals surface area contributed by atoms with Crippen molar-refractivity contribution >= 4 is 11.6 Å². The van der Waals surface area contributed by atoms with Crippen molar-refractivity contribution in [3.63, 3.8) is 0 Å². The molecule has 0 saturated heterocycles. The fraction of sp³-hybridized carbons (Fsp3) is 0. The lowest BCUT2D eigenvalue weighted by atomic mass is 10.3. The summed E-state index contributed by atoms with van der Waals surface area (Å²) in [4.78, 5) is 17.0. The van der Waals surface area contributed by atoms with E-state index in [1.165, 1.54) is 6.07 Å². The third kappa shape index (κ3) is 2.42. The lowest BCUT2D eigenvalue weighted by Gasteiger charge is -2.05. The van der Waals surface area contributed by atoms with Gasteiger partial charge >= 0.3 is 0 Å². The summed E-state index contributed by atoms with van der Waals surface area (Å²) in [5, 5.41) is -0.266. The average Bonchev–Trinajstić information content (AvgIpc) is 2.30. The van der Waals surface area contributed by atoms with Crippen LogP contribution in [0.1, 0.15) is 0 Å². The zero-order valence-corrected chi connectivity index (χ0v) is 8.96. The summed E-state index contributed by atoms with van der Waals surface area (Å²) in [6, 6.07) is 2.91. The van der Waals surface area contributed by atoms with Crippen LogP contribution in [0.15, 0.2) is 29.3 Å². The Bertz CT molecular complexity index is 615. The van der Waals surface area contributed by atoms with Crippen molar-refractivity contribution in [2.45, 2.75) is 0 Å². The highest BCUT2D eigenvalue weighted by Gasteiger charge is 2.10. The van der Waals surface area contributed by atoms with E-state index in [-0.39, 0.29) is 16.7 Å². The predicted octanol–water partition coefficient (Wildman–Crippen LogP) is 2.49. The number of halogens is 3. The average molecular weight is 259 g/mol. The standard InChI is InChI=1S/C10H5ClF2N2O2/c11-8-9(16)14-4-15-10(8)17-5-1-2-6(12)7(13)3-5/h1-4H,(H,14,15,16). The quantitative estimate of drug-likeness (QED) is 0.900. The zero-order chi connectivity index (χ0) is 12.4. The highest BCUT2D eigenvalue weighted by atomic mass is 35.5. The lowest BCUT2D eigenvalue weighted by Crippen LogP contribution is -2.07. The number of aromatic amines is 1. The van der Waals surface area contributed by atoms with Crippen LogP contribution in [0.4, 0.5) is 8.78 Å². The second kappa shape index (κ2) is 4.50. The van der Waals surface area contributed by atoms with E-state index in [0.717, 1.165) is 18.5 Å². The Morgan fingerprint density at radius 1 is 1.29 bits per heavy atom. The number of nitrogens with zero attached hydrogens (tertiary/aromatic N) is 1. The van der Waals surface area contributed by atoms with Crippen molar-refractivity contribution < 1.29 is 13.5 Å². The van der Waals surface area contributed by atoms with Crippen molar-refractivity contribution in [2.24, 2.45) is 0 Å². The minimum atomic E-state index is -1.07. The Labute approximate surface area is 98.8 Å². The van der Waals surface area contributed by atoms with Gasteiger partial charge in [-0.3, -0.25) is 4.79 Å². The van der Waals surface area contributed by atoms with Crippen LogP contribution in [0, 0.1) is 11.6 Å². The minimum absolute atomic E-state index is 0.0103. The molecule has 0 fully saturated rings. The van der Waals surface area contributed by atoms with Crippen LogP contribution < -0.4 is 10.3 Å². The Kier molecular flexibility index (Phi) is 3.06. The molecule has 0 radical (unpaired) electrons. The Hall–Kier alpha value is -1.95. The van der Waals surface area contributed by atoms with E-state index in [1.54, 1.807) is 0 Å². The molecular formula is C10H5ClF2N2O2. The summed E-state index contributed by atoms with van der Waals surface area (Å²) in [6.07, 6.45) is 1.09. The number of aromatic nitrogens is 2. The molecule has 2 rings (SSSR count). The molecule has 0 aliphatic carbocycles. The number of ether oxygens (including phenoxy) is 1. The molecule has 7 heteroatoms. The van der Waals surface area contributed by atoms with E-state index in [4.69, 9.17) is 16.3 Å². The molecular weight excluding hydrogens is 254 g/mol. The number of H-pyrrole nitrogens is 1. The molecule has 0 atom stereocenters. The first-order chi connectivity index (χ1) is 8.08. The van der Waals surface area contributed by atoms with Crippen molar-refractivity contribution in [2.75, 3.05) is 0 Å². The summed E-state index contributed by atoms with van der Waals surface area (Å²) in [7, 11) is 0. The number of hydrogen-bond acceptors (Lipinski definition) is 3. The zero-order valence-electron chi connectivity index (χ0n) is 8.21. The van der Waals surface area contributed by atoms with Gasteiger partial charge in [0.2, 0.25) is 5.88 Å². The van der Waals surface area contributed by atoms with Gasteiger partial charge in [-0.05, 0) is 12.1 Å². The summed E-state index contributed by atoms with van der Waals surface area (Å²) in [6.45, 7) is 0. The molecule has 1 N–H and O–H groups in total. The number of hydrogen-bond donors (Lipinski definition) is 1. The first kappa shape index (κ1) is 11.5. The van der Waals surface area contributed by atoms with Crippen LogP contribution in [0.25, 0.3) is 0 Å². The number of rotatable bonds is 2. The molecule has 0 saturated carbocycles. The Morgan fingerprint density at radius 2 is 2.06 bits per heavy atom. The topological polar surface area (TPSA) is 55.0 Å². The SMILES string of the molecule is O=c1[nH]cnc(Oc2ccc(F)c(F)c2)c1Cl. The van der Waals surface area contributed by atoms with Crippen molar-refractivity contribution in [3.8, 4) is 11.6 Å². The normalized spacial score (nSPS) is 10.3. The van der Waals surface area contributed by atoms with E-state index in [0.29, 0.717) is 0 Å². The van der Waals surface area contributed by atoms with Gasteiger partial charge in [0, 0.05) is 6.07 Å². The molecule has 0 aliphatic rings. The maximum atomic E-state index is 12.9. The maximum absolute atomic E-state index is 12.9. The van der Waals surface area contributed by atoms with Crippen molar-refractivity contribution in [1.82, 2.24) is 9.97 Å². The molecule has 0 unspecified atom stereocenters. The maximum Gasteiger partial charge on any atom is 0.273 e. The van der Waals surface area contributed by atoms with Gasteiger partial charge in [0.25, 0.3) is 5.56 Å². The molecule has 0 amide bonds. The van der Waals surface area contributed by atoms with Crippen molar-refractivity contribution in [1.29, 1.82) is 0 Å². The van der Waals surface area contributed by atoms with E-state index in [1.807, 2.05) is 0 Å². The molecule has 0 aliphatic heterocycles. The summed E-state index contributed by atoms with van der Waals surface area (Å²) < 4.78 is 30.6. The molecule has 0 spiro atoms. The van der Waals surface area contributed by atoms with Gasteiger partial charge in [-0.1, -0.05) is 11.6 Å². The van der Waals surface area contributed by atoms with Crippen LogP contribution in [-0.4, -0.2) is 9.97 Å². The molecule has 1 aromatic heterocycles. The van der Waals surface area contributed by atoms with E-state index in [9.17, 15) is 13.6 Å². The second-order valence-corrected chi connectivity index (χ2v) is 3.41. The van der Waals surface area contributed by atoms with Gasteiger partial charge < -0.3 is 9.72 Å². The second-order valence-electron chi connectivity index (χ2n) is 3.03. The Morgan fingerprint density at radius 3 is 2.76 bits per heavy atom. The van der Waals surface area contributed by atoms with Gasteiger partial charge in [-0.25, -0.2) is 13.8 Å². The smallest absolute Gasteiger partial charge is 0.273 e. The van der Waals surface area contributed by atoms with Crippen LogP contribution >= 0.6 is 11.6 Å². The summed E-state index contributed by atoms with van der Waals surface area (Å²) in [5.74, 6) is -2.25. The van der Waals surface area contributed by atoms with Crippen LogP contribution in [0.2, 0.25) is 5.02 Å². The predicted molar refractivity (Wildman–Crippen MR) is 56.3 cm³/mol. The third-order valence-corrected chi connectivity index (χ3v) is 2.20. The third-order valence-electron chi connectivity index (χ3n) is 1.87. The van der Waals surface area contributed by atoms with Gasteiger partial charge in [0.05, 0.1) is 6.33 Å². The molecule has 88 valence electrons. The summed E-state index contributed by atoms with van der Waals surface area (Å²) >= 11 is 5.62.